The highest BCUT2D eigenvalue weighted by Gasteiger charge is 2.15. The Bertz CT molecular complexity index is 560. The van der Waals surface area contributed by atoms with E-state index in [0.29, 0.717) is 12.2 Å². The third-order valence-electron chi connectivity index (χ3n) is 2.57. The molecular weight excluding hydrogens is 282 g/mol. The average molecular weight is 296 g/mol. The molecule has 0 atom stereocenters. The monoisotopic (exact) mass is 295 g/mol. The predicted octanol–water partition coefficient (Wildman–Crippen LogP) is 3.94. The normalized spacial score (nSPS) is 10.8. The second-order valence-electron chi connectivity index (χ2n) is 3.97. The molecule has 0 unspecified atom stereocenters. The van der Waals surface area contributed by atoms with Crippen LogP contribution in [0.25, 0.3) is 10.9 Å². The summed E-state index contributed by atoms with van der Waals surface area (Å²) in [5.74, 6) is 0.443. The Hall–Kier alpha value is -1.29. The fourth-order valence-electron chi connectivity index (χ4n) is 1.80. The number of ether oxygens (including phenoxy) is 1. The highest BCUT2D eigenvalue weighted by Crippen LogP contribution is 2.35. The smallest absolute Gasteiger partial charge is 0.311 e. The number of aromatic nitrogens is 1. The summed E-state index contributed by atoms with van der Waals surface area (Å²) < 4.78 is 6.35. The van der Waals surface area contributed by atoms with Crippen LogP contribution in [0.4, 0.5) is 0 Å². The van der Waals surface area contributed by atoms with Crippen molar-refractivity contribution in [1.29, 1.82) is 0 Å². The van der Waals surface area contributed by atoms with Crippen molar-refractivity contribution in [1.82, 2.24) is 4.98 Å². The third kappa shape index (κ3) is 2.36. The molecule has 0 amide bonds. The van der Waals surface area contributed by atoms with E-state index in [0.717, 1.165) is 27.5 Å². The van der Waals surface area contributed by atoms with Crippen molar-refractivity contribution in [2.24, 2.45) is 0 Å². The summed E-state index contributed by atoms with van der Waals surface area (Å²) in [5.41, 5.74) is 1.84. The van der Waals surface area contributed by atoms with E-state index in [1.54, 1.807) is 0 Å². The molecule has 17 heavy (non-hydrogen) atoms. The zero-order valence-electron chi connectivity index (χ0n) is 9.84. The van der Waals surface area contributed by atoms with Crippen LogP contribution in [0.1, 0.15) is 25.5 Å². The van der Waals surface area contributed by atoms with Crippen molar-refractivity contribution in [3.8, 4) is 5.75 Å². The first-order valence-corrected chi connectivity index (χ1v) is 6.40. The number of fused-ring (bicyclic) bond motifs is 1. The minimum atomic E-state index is -0.188. The van der Waals surface area contributed by atoms with Gasteiger partial charge in [-0.05, 0) is 41.4 Å². The molecule has 0 radical (unpaired) electrons. The van der Waals surface area contributed by atoms with Gasteiger partial charge in [-0.3, -0.25) is 4.79 Å². The van der Waals surface area contributed by atoms with Crippen molar-refractivity contribution in [3.05, 3.63) is 28.4 Å². The number of esters is 1. The molecule has 1 N–H and O–H groups in total. The summed E-state index contributed by atoms with van der Waals surface area (Å²) in [7, 11) is 0. The number of aryl methyl sites for hydroxylation is 1. The van der Waals surface area contributed by atoms with Crippen LogP contribution in [0.3, 0.4) is 0 Å². The van der Waals surface area contributed by atoms with Gasteiger partial charge in [0.2, 0.25) is 0 Å². The fraction of sp³-hybridized carbons (Fsp3) is 0.308. The van der Waals surface area contributed by atoms with Crippen LogP contribution in [-0.4, -0.2) is 11.0 Å². The van der Waals surface area contributed by atoms with Crippen LogP contribution < -0.4 is 4.74 Å². The van der Waals surface area contributed by atoms with E-state index in [4.69, 9.17) is 4.74 Å². The van der Waals surface area contributed by atoms with Crippen molar-refractivity contribution in [2.45, 2.75) is 26.7 Å². The molecule has 3 nitrogen and oxygen atoms in total. The van der Waals surface area contributed by atoms with E-state index in [1.807, 2.05) is 32.0 Å². The maximum Gasteiger partial charge on any atom is 0.311 e. The molecule has 0 aliphatic heterocycles. The zero-order chi connectivity index (χ0) is 12.4. The molecule has 2 rings (SSSR count). The number of aromatic amines is 1. The van der Waals surface area contributed by atoms with Crippen LogP contribution in [0.5, 0.6) is 5.75 Å². The largest absolute Gasteiger partial charge is 0.424 e. The Labute approximate surface area is 108 Å². The van der Waals surface area contributed by atoms with Crippen LogP contribution in [0.2, 0.25) is 0 Å². The third-order valence-corrected chi connectivity index (χ3v) is 3.23. The molecule has 2 aromatic rings. The fourth-order valence-corrected chi connectivity index (χ4v) is 2.35. The van der Waals surface area contributed by atoms with Gasteiger partial charge >= 0.3 is 5.97 Å². The van der Waals surface area contributed by atoms with Gasteiger partial charge in [0.25, 0.3) is 0 Å². The number of carbonyl (C=O) groups excluding carboxylic acids is 1. The second kappa shape index (κ2) is 4.92. The number of hydrogen-bond acceptors (Lipinski definition) is 2. The van der Waals surface area contributed by atoms with E-state index in [1.165, 1.54) is 0 Å². The lowest BCUT2D eigenvalue weighted by atomic mass is 10.2. The van der Waals surface area contributed by atoms with Crippen molar-refractivity contribution in [2.75, 3.05) is 0 Å². The molecule has 0 aliphatic carbocycles. The lowest BCUT2D eigenvalue weighted by molar-refractivity contribution is -0.134. The van der Waals surface area contributed by atoms with Gasteiger partial charge in [0, 0.05) is 10.9 Å². The Morgan fingerprint density at radius 3 is 2.94 bits per heavy atom. The van der Waals surface area contributed by atoms with Gasteiger partial charge < -0.3 is 9.72 Å². The highest BCUT2D eigenvalue weighted by molar-refractivity contribution is 9.10. The molecule has 1 aromatic heterocycles. The van der Waals surface area contributed by atoms with Gasteiger partial charge in [-0.15, -0.1) is 0 Å². The van der Waals surface area contributed by atoms with Crippen molar-refractivity contribution < 1.29 is 9.53 Å². The van der Waals surface area contributed by atoms with E-state index in [2.05, 4.69) is 20.9 Å². The average Bonchev–Trinajstić information content (AvgIpc) is 2.57. The molecule has 0 bridgehead atoms. The summed E-state index contributed by atoms with van der Waals surface area (Å²) in [6, 6.07) is 5.84. The first kappa shape index (κ1) is 12.2. The first-order valence-electron chi connectivity index (χ1n) is 5.61. The van der Waals surface area contributed by atoms with Gasteiger partial charge in [-0.2, -0.15) is 0 Å². The second-order valence-corrected chi connectivity index (χ2v) is 4.82. The number of benzene rings is 1. The van der Waals surface area contributed by atoms with Crippen LogP contribution >= 0.6 is 15.9 Å². The summed E-state index contributed by atoms with van der Waals surface area (Å²) in [6.07, 6.45) is 1.23. The Morgan fingerprint density at radius 1 is 1.47 bits per heavy atom. The standard InChI is InChI=1S/C13H14BrNO2/c1-3-5-11(16)17-13-8(2)15-10-7-4-6-9(14)12(10)13/h4,6-7,15H,3,5H2,1-2H3. The quantitative estimate of drug-likeness (QED) is 0.872. The summed E-state index contributed by atoms with van der Waals surface area (Å²) in [6.45, 7) is 3.86. The van der Waals surface area contributed by atoms with E-state index >= 15 is 0 Å². The molecule has 1 aromatic carbocycles. The zero-order valence-corrected chi connectivity index (χ0v) is 11.4. The molecule has 0 saturated heterocycles. The molecule has 4 heteroatoms. The van der Waals surface area contributed by atoms with Gasteiger partial charge in [0.05, 0.1) is 16.6 Å². The maximum absolute atomic E-state index is 11.6. The van der Waals surface area contributed by atoms with Crippen molar-refractivity contribution in [3.63, 3.8) is 0 Å². The number of H-pyrrole nitrogens is 1. The molecule has 1 heterocycles. The Kier molecular flexibility index (Phi) is 3.52. The number of nitrogens with one attached hydrogen (secondary N) is 1. The molecule has 0 saturated carbocycles. The summed E-state index contributed by atoms with van der Waals surface area (Å²) >= 11 is 3.48. The van der Waals surface area contributed by atoms with Gasteiger partial charge in [-0.1, -0.05) is 13.0 Å². The van der Waals surface area contributed by atoms with Crippen LogP contribution in [0.15, 0.2) is 22.7 Å². The lowest BCUT2D eigenvalue weighted by Gasteiger charge is -2.04. The molecule has 0 fully saturated rings. The molecule has 0 spiro atoms. The molecule has 90 valence electrons. The van der Waals surface area contributed by atoms with E-state index in [9.17, 15) is 4.79 Å². The van der Waals surface area contributed by atoms with Gasteiger partial charge in [0.15, 0.2) is 5.75 Å². The minimum absolute atomic E-state index is 0.188. The number of hydrogen-bond donors (Lipinski definition) is 1. The maximum atomic E-state index is 11.6. The van der Waals surface area contributed by atoms with Gasteiger partial charge in [-0.25, -0.2) is 0 Å². The molecular formula is C13H14BrNO2. The van der Waals surface area contributed by atoms with Crippen molar-refractivity contribution >= 4 is 32.8 Å². The Balaban J connectivity index is 2.45. The molecule has 0 aliphatic rings. The van der Waals surface area contributed by atoms with Crippen LogP contribution in [0, 0.1) is 6.92 Å². The number of carbonyl (C=O) groups is 1. The summed E-state index contributed by atoms with van der Waals surface area (Å²) in [4.78, 5) is 14.8. The minimum Gasteiger partial charge on any atom is -0.424 e. The predicted molar refractivity (Wildman–Crippen MR) is 71.3 cm³/mol. The van der Waals surface area contributed by atoms with Crippen LogP contribution in [-0.2, 0) is 4.79 Å². The van der Waals surface area contributed by atoms with Gasteiger partial charge in [0.1, 0.15) is 0 Å². The highest BCUT2D eigenvalue weighted by atomic mass is 79.9. The first-order chi connectivity index (χ1) is 8.13. The lowest BCUT2D eigenvalue weighted by Crippen LogP contribution is -2.07. The van der Waals surface area contributed by atoms with E-state index in [-0.39, 0.29) is 5.97 Å². The SMILES string of the molecule is CCCC(=O)Oc1c(C)[nH]c2cccc(Br)c12. The van der Waals surface area contributed by atoms with E-state index < -0.39 is 0 Å². The topological polar surface area (TPSA) is 42.1 Å². The summed E-state index contributed by atoms with van der Waals surface area (Å²) in [5, 5.41) is 0.925. The number of rotatable bonds is 3. The Morgan fingerprint density at radius 2 is 2.24 bits per heavy atom. The number of halogens is 1.